The van der Waals surface area contributed by atoms with Crippen molar-refractivity contribution in [2.75, 3.05) is 19.1 Å². The van der Waals surface area contributed by atoms with Crippen molar-refractivity contribution in [3.63, 3.8) is 0 Å². The molecule has 0 saturated heterocycles. The van der Waals surface area contributed by atoms with Crippen LogP contribution in [0.4, 0.5) is 5.13 Å². The van der Waals surface area contributed by atoms with Crippen LogP contribution < -0.4 is 10.2 Å². The number of aromatic nitrogens is 1. The molecule has 0 aliphatic carbocycles. The highest BCUT2D eigenvalue weighted by Gasteiger charge is 2.12. The van der Waals surface area contributed by atoms with Crippen molar-refractivity contribution in [1.29, 1.82) is 0 Å². The Morgan fingerprint density at radius 2 is 2.08 bits per heavy atom. The first-order valence-corrected chi connectivity index (χ1v) is 7.99. The number of anilines is 1. The van der Waals surface area contributed by atoms with E-state index in [1.165, 1.54) is 11.3 Å². The molecule has 0 aliphatic heterocycles. The van der Waals surface area contributed by atoms with Crippen LogP contribution in [0.3, 0.4) is 0 Å². The number of ether oxygens (including phenoxy) is 2. The summed E-state index contributed by atoms with van der Waals surface area (Å²) >= 11 is 1.40. The summed E-state index contributed by atoms with van der Waals surface area (Å²) < 4.78 is 10.0. The van der Waals surface area contributed by atoms with Crippen LogP contribution in [-0.2, 0) is 16.0 Å². The van der Waals surface area contributed by atoms with E-state index >= 15 is 0 Å². The number of aryl methyl sites for hydroxylation is 1. The summed E-state index contributed by atoms with van der Waals surface area (Å²) in [5, 5.41) is 4.80. The monoisotopic (exact) mass is 369 g/mol. The van der Waals surface area contributed by atoms with E-state index in [2.05, 4.69) is 15.5 Å². The maximum absolute atomic E-state index is 11.5. The summed E-state index contributed by atoms with van der Waals surface area (Å²) in [4.78, 5) is 16.8. The van der Waals surface area contributed by atoms with Crippen molar-refractivity contribution in [3.8, 4) is 5.75 Å². The summed E-state index contributed by atoms with van der Waals surface area (Å²) in [5.41, 5.74) is 4.63. The molecule has 0 saturated carbocycles. The molecule has 2 rings (SSSR count). The Hall–Kier alpha value is -2.12. The van der Waals surface area contributed by atoms with Gasteiger partial charge in [-0.3, -0.25) is 10.2 Å². The molecule has 0 amide bonds. The number of rotatable bonds is 7. The molecule has 8 heteroatoms. The molecule has 1 N–H and O–H groups in total. The number of halogens is 1. The smallest absolute Gasteiger partial charge is 0.311 e. The quantitative estimate of drug-likeness (QED) is 0.460. The van der Waals surface area contributed by atoms with Crippen LogP contribution in [0.15, 0.2) is 29.4 Å². The van der Waals surface area contributed by atoms with E-state index in [0.29, 0.717) is 11.7 Å². The van der Waals surface area contributed by atoms with Crippen molar-refractivity contribution < 1.29 is 14.3 Å². The zero-order chi connectivity index (χ0) is 16.7. The molecular formula is C16H20ClN3O3S. The molecule has 0 atom stereocenters. The Bertz CT molecular complexity index is 686. The van der Waals surface area contributed by atoms with Crippen LogP contribution in [0, 0.1) is 6.92 Å². The molecule has 130 valence electrons. The normalized spacial score (nSPS) is 10.3. The van der Waals surface area contributed by atoms with Crippen molar-refractivity contribution in [2.45, 2.75) is 20.3 Å². The Morgan fingerprint density at radius 1 is 1.38 bits per heavy atom. The molecule has 1 aromatic carbocycles. The van der Waals surface area contributed by atoms with Gasteiger partial charge in [-0.05, 0) is 43.7 Å². The third kappa shape index (κ3) is 5.82. The Kier molecular flexibility index (Phi) is 8.21. The average Bonchev–Trinajstić information content (AvgIpc) is 2.88. The summed E-state index contributed by atoms with van der Waals surface area (Å²) in [6.07, 6.45) is 1.93. The third-order valence-electron chi connectivity index (χ3n) is 2.99. The summed E-state index contributed by atoms with van der Waals surface area (Å²) in [6.45, 7) is 4.04. The van der Waals surface area contributed by atoms with Crippen LogP contribution in [0.2, 0.25) is 0 Å². The molecule has 0 unspecified atom stereocenters. The fraction of sp³-hybridized carbons (Fsp3) is 0.312. The van der Waals surface area contributed by atoms with Gasteiger partial charge in [-0.15, -0.1) is 12.4 Å². The lowest BCUT2D eigenvalue weighted by molar-refractivity contribution is -0.142. The summed E-state index contributed by atoms with van der Waals surface area (Å²) in [6, 6.07) is 7.55. The lowest BCUT2D eigenvalue weighted by atomic mass is 10.2. The van der Waals surface area contributed by atoms with Gasteiger partial charge >= 0.3 is 5.97 Å². The van der Waals surface area contributed by atoms with Gasteiger partial charge in [0.15, 0.2) is 0 Å². The number of nitrogens with one attached hydrogen (secondary N) is 1. The van der Waals surface area contributed by atoms with Gasteiger partial charge in [0.05, 0.1) is 32.0 Å². The maximum atomic E-state index is 11.5. The van der Waals surface area contributed by atoms with Crippen LogP contribution in [0.5, 0.6) is 5.75 Å². The molecule has 0 radical (unpaired) electrons. The fourth-order valence-electron chi connectivity index (χ4n) is 1.83. The number of carbonyl (C=O) groups excluding carboxylic acids is 1. The third-order valence-corrected chi connectivity index (χ3v) is 4.05. The number of benzene rings is 1. The first kappa shape index (κ1) is 19.9. The molecule has 0 spiro atoms. The minimum absolute atomic E-state index is 0. The van der Waals surface area contributed by atoms with Gasteiger partial charge in [0.1, 0.15) is 5.75 Å². The van der Waals surface area contributed by atoms with Crippen molar-refractivity contribution >= 4 is 41.1 Å². The molecule has 2 aromatic rings. The number of nitrogens with zero attached hydrogens (tertiary/aromatic N) is 2. The second kappa shape index (κ2) is 9.89. The number of hydrogen-bond acceptors (Lipinski definition) is 7. The van der Waals surface area contributed by atoms with E-state index in [0.717, 1.165) is 21.9 Å². The van der Waals surface area contributed by atoms with Gasteiger partial charge in [-0.25, -0.2) is 4.98 Å². The summed E-state index contributed by atoms with van der Waals surface area (Å²) in [5.74, 6) is 0.557. The Balaban J connectivity index is 0.00000288. The second-order valence-electron chi connectivity index (χ2n) is 4.65. The van der Waals surface area contributed by atoms with E-state index < -0.39 is 0 Å². The molecule has 0 fully saturated rings. The Labute approximate surface area is 151 Å². The minimum atomic E-state index is -0.243. The number of carbonyl (C=O) groups is 1. The van der Waals surface area contributed by atoms with E-state index in [1.807, 2.05) is 31.2 Å². The lowest BCUT2D eigenvalue weighted by Crippen LogP contribution is -2.07. The SMILES string of the molecule is CCOC(=O)Cc1sc(N/N=C/c2ccc(OC)cc2)nc1C.Cl. The molecule has 1 aromatic heterocycles. The second-order valence-corrected chi connectivity index (χ2v) is 5.74. The number of methoxy groups -OCH3 is 1. The van der Waals surface area contributed by atoms with Gasteiger partial charge in [0.2, 0.25) is 5.13 Å². The van der Waals surface area contributed by atoms with Gasteiger partial charge in [-0.1, -0.05) is 11.3 Å². The standard InChI is InChI=1S/C16H19N3O3S.ClH/c1-4-22-15(20)9-14-11(2)18-16(23-14)19-17-10-12-5-7-13(21-3)8-6-12;/h5-8,10H,4,9H2,1-3H3,(H,18,19);1H/b17-10+;. The number of esters is 1. The highest BCUT2D eigenvalue weighted by atomic mass is 35.5. The first-order valence-electron chi connectivity index (χ1n) is 7.17. The number of hydrazone groups is 1. The fourth-order valence-corrected chi connectivity index (χ4v) is 2.73. The number of thiazole rings is 1. The largest absolute Gasteiger partial charge is 0.497 e. The van der Waals surface area contributed by atoms with Crippen molar-refractivity contribution in [3.05, 3.63) is 40.4 Å². The average molecular weight is 370 g/mol. The van der Waals surface area contributed by atoms with Gasteiger partial charge < -0.3 is 9.47 Å². The van der Waals surface area contributed by atoms with Crippen molar-refractivity contribution in [1.82, 2.24) is 4.98 Å². The highest BCUT2D eigenvalue weighted by Crippen LogP contribution is 2.23. The summed E-state index contributed by atoms with van der Waals surface area (Å²) in [7, 11) is 1.63. The van der Waals surface area contributed by atoms with Crippen LogP contribution in [-0.4, -0.2) is 30.9 Å². The zero-order valence-electron chi connectivity index (χ0n) is 13.7. The lowest BCUT2D eigenvalue weighted by Gasteiger charge is -1.99. The van der Waals surface area contributed by atoms with E-state index in [9.17, 15) is 4.79 Å². The predicted octanol–water partition coefficient (Wildman–Crippen LogP) is 3.43. The first-order chi connectivity index (χ1) is 11.1. The topological polar surface area (TPSA) is 72.8 Å². The molecule has 6 nitrogen and oxygen atoms in total. The minimum Gasteiger partial charge on any atom is -0.497 e. The molecule has 0 aliphatic rings. The highest BCUT2D eigenvalue weighted by molar-refractivity contribution is 7.15. The van der Waals surface area contributed by atoms with E-state index in [1.54, 1.807) is 20.2 Å². The molecule has 0 bridgehead atoms. The van der Waals surface area contributed by atoms with E-state index in [-0.39, 0.29) is 24.8 Å². The van der Waals surface area contributed by atoms with Gasteiger partial charge in [0.25, 0.3) is 0 Å². The molecule has 1 heterocycles. The van der Waals surface area contributed by atoms with Crippen LogP contribution >= 0.6 is 23.7 Å². The molecular weight excluding hydrogens is 350 g/mol. The maximum Gasteiger partial charge on any atom is 0.311 e. The predicted molar refractivity (Wildman–Crippen MR) is 98.6 cm³/mol. The Morgan fingerprint density at radius 3 is 2.71 bits per heavy atom. The molecule has 24 heavy (non-hydrogen) atoms. The zero-order valence-corrected chi connectivity index (χ0v) is 15.4. The van der Waals surface area contributed by atoms with Gasteiger partial charge in [0, 0.05) is 4.88 Å². The van der Waals surface area contributed by atoms with Crippen molar-refractivity contribution in [2.24, 2.45) is 5.10 Å². The van der Waals surface area contributed by atoms with Crippen LogP contribution in [0.25, 0.3) is 0 Å². The van der Waals surface area contributed by atoms with E-state index in [4.69, 9.17) is 9.47 Å². The van der Waals surface area contributed by atoms with Gasteiger partial charge in [-0.2, -0.15) is 5.10 Å². The van der Waals surface area contributed by atoms with Crippen LogP contribution in [0.1, 0.15) is 23.1 Å². The number of hydrogen-bond donors (Lipinski definition) is 1.